The summed E-state index contributed by atoms with van der Waals surface area (Å²) in [6, 6.07) is 1.88. The summed E-state index contributed by atoms with van der Waals surface area (Å²) in [6.07, 6.45) is 7.12. The summed E-state index contributed by atoms with van der Waals surface area (Å²) in [5.74, 6) is 1.25. The second kappa shape index (κ2) is 4.34. The van der Waals surface area contributed by atoms with Crippen molar-refractivity contribution in [1.29, 1.82) is 0 Å². The molecular weight excluding hydrogens is 190 g/mol. The minimum atomic E-state index is 0.422. The van der Waals surface area contributed by atoms with Gasteiger partial charge in [0.15, 0.2) is 5.89 Å². The van der Waals surface area contributed by atoms with E-state index in [2.05, 4.69) is 18.8 Å². The third-order valence-electron chi connectivity index (χ3n) is 2.67. The van der Waals surface area contributed by atoms with Crippen LogP contribution in [0.3, 0.4) is 0 Å². The normalized spacial score (nSPS) is 11.1. The third-order valence-corrected chi connectivity index (χ3v) is 2.67. The Kier molecular flexibility index (Phi) is 2.90. The Bertz CT molecular complexity index is 399. The van der Waals surface area contributed by atoms with Crippen LogP contribution in [0.25, 0.3) is 11.3 Å². The van der Waals surface area contributed by atoms with Crippen LogP contribution in [0.2, 0.25) is 0 Å². The van der Waals surface area contributed by atoms with Crippen LogP contribution >= 0.6 is 0 Å². The standard InChI is InChI=1S/C12H15NO2/c1-3-9(4-2)12-13-11(8-15-12)10-5-6-14-7-10/h5-9H,3-4H2,1-2H3. The predicted octanol–water partition coefficient (Wildman–Crippen LogP) is 3.84. The lowest BCUT2D eigenvalue weighted by Gasteiger charge is -2.05. The van der Waals surface area contributed by atoms with Gasteiger partial charge in [-0.05, 0) is 18.9 Å². The summed E-state index contributed by atoms with van der Waals surface area (Å²) < 4.78 is 10.5. The van der Waals surface area contributed by atoms with Gasteiger partial charge in [-0.3, -0.25) is 0 Å². The Labute approximate surface area is 89.1 Å². The highest BCUT2D eigenvalue weighted by Crippen LogP contribution is 2.26. The van der Waals surface area contributed by atoms with E-state index in [4.69, 9.17) is 8.83 Å². The van der Waals surface area contributed by atoms with Crippen LogP contribution in [-0.4, -0.2) is 4.98 Å². The predicted molar refractivity (Wildman–Crippen MR) is 57.5 cm³/mol. The van der Waals surface area contributed by atoms with Gasteiger partial charge in [0.25, 0.3) is 0 Å². The van der Waals surface area contributed by atoms with Gasteiger partial charge in [-0.15, -0.1) is 0 Å². The first-order valence-corrected chi connectivity index (χ1v) is 5.33. The number of rotatable bonds is 4. The van der Waals surface area contributed by atoms with Crippen LogP contribution in [-0.2, 0) is 0 Å². The van der Waals surface area contributed by atoms with E-state index in [1.165, 1.54) is 0 Å². The second-order valence-corrected chi connectivity index (χ2v) is 3.60. The number of furan rings is 1. The summed E-state index contributed by atoms with van der Waals surface area (Å²) in [7, 11) is 0. The molecule has 0 N–H and O–H groups in total. The molecule has 0 aliphatic rings. The highest BCUT2D eigenvalue weighted by atomic mass is 16.3. The van der Waals surface area contributed by atoms with Gasteiger partial charge in [0.05, 0.1) is 12.5 Å². The van der Waals surface area contributed by atoms with Crippen LogP contribution in [0.1, 0.15) is 38.5 Å². The molecule has 0 bridgehead atoms. The van der Waals surface area contributed by atoms with E-state index < -0.39 is 0 Å². The molecule has 80 valence electrons. The average Bonchev–Trinajstić information content (AvgIpc) is 2.89. The zero-order chi connectivity index (χ0) is 10.7. The molecular formula is C12H15NO2. The van der Waals surface area contributed by atoms with Gasteiger partial charge < -0.3 is 8.83 Å². The molecule has 0 saturated carbocycles. The van der Waals surface area contributed by atoms with E-state index in [0.717, 1.165) is 30.0 Å². The zero-order valence-electron chi connectivity index (χ0n) is 9.06. The molecule has 0 aromatic carbocycles. The fraction of sp³-hybridized carbons (Fsp3) is 0.417. The number of hydrogen-bond donors (Lipinski definition) is 0. The van der Waals surface area contributed by atoms with Crippen molar-refractivity contribution in [3.05, 3.63) is 30.7 Å². The highest BCUT2D eigenvalue weighted by molar-refractivity contribution is 5.55. The molecule has 2 heterocycles. The Morgan fingerprint density at radius 1 is 1.27 bits per heavy atom. The van der Waals surface area contributed by atoms with Crippen LogP contribution in [0.5, 0.6) is 0 Å². The van der Waals surface area contributed by atoms with Crippen LogP contribution in [0, 0.1) is 0 Å². The number of aromatic nitrogens is 1. The van der Waals surface area contributed by atoms with Crippen molar-refractivity contribution in [3.8, 4) is 11.3 Å². The molecule has 2 aromatic heterocycles. The SMILES string of the molecule is CCC(CC)c1nc(-c2ccoc2)co1. The molecule has 0 amide bonds. The monoisotopic (exact) mass is 205 g/mol. The van der Waals surface area contributed by atoms with Gasteiger partial charge in [-0.2, -0.15) is 0 Å². The average molecular weight is 205 g/mol. The molecule has 2 rings (SSSR count). The highest BCUT2D eigenvalue weighted by Gasteiger charge is 2.14. The van der Waals surface area contributed by atoms with Crippen molar-refractivity contribution < 1.29 is 8.83 Å². The largest absolute Gasteiger partial charge is 0.472 e. The van der Waals surface area contributed by atoms with Crippen molar-refractivity contribution in [3.63, 3.8) is 0 Å². The van der Waals surface area contributed by atoms with Crippen molar-refractivity contribution in [1.82, 2.24) is 4.98 Å². The maximum absolute atomic E-state index is 5.48. The molecule has 3 heteroatoms. The van der Waals surface area contributed by atoms with Crippen LogP contribution in [0.4, 0.5) is 0 Å². The Morgan fingerprint density at radius 2 is 2.07 bits per heavy atom. The summed E-state index contributed by atoms with van der Waals surface area (Å²) >= 11 is 0. The zero-order valence-corrected chi connectivity index (χ0v) is 9.06. The van der Waals surface area contributed by atoms with Crippen molar-refractivity contribution in [2.24, 2.45) is 0 Å². The number of oxazole rings is 1. The first kappa shape index (κ1) is 10.0. The molecule has 0 aliphatic carbocycles. The van der Waals surface area contributed by atoms with Crippen molar-refractivity contribution >= 4 is 0 Å². The first-order valence-electron chi connectivity index (χ1n) is 5.33. The quantitative estimate of drug-likeness (QED) is 0.761. The van der Waals surface area contributed by atoms with Crippen LogP contribution < -0.4 is 0 Å². The Balaban J connectivity index is 2.24. The Hall–Kier alpha value is -1.51. The molecule has 0 fully saturated rings. The second-order valence-electron chi connectivity index (χ2n) is 3.60. The molecule has 0 aliphatic heterocycles. The first-order chi connectivity index (χ1) is 7.35. The lowest BCUT2D eigenvalue weighted by molar-refractivity contribution is 0.431. The maximum atomic E-state index is 5.48. The summed E-state index contributed by atoms with van der Waals surface area (Å²) in [5.41, 5.74) is 1.82. The number of nitrogens with zero attached hydrogens (tertiary/aromatic N) is 1. The summed E-state index contributed by atoms with van der Waals surface area (Å²) in [5, 5.41) is 0. The molecule has 2 aromatic rings. The number of hydrogen-bond acceptors (Lipinski definition) is 3. The van der Waals surface area contributed by atoms with Crippen molar-refractivity contribution in [2.75, 3.05) is 0 Å². The van der Waals surface area contributed by atoms with Gasteiger partial charge in [-0.25, -0.2) is 4.98 Å². The van der Waals surface area contributed by atoms with Gasteiger partial charge in [0.2, 0.25) is 0 Å². The summed E-state index contributed by atoms with van der Waals surface area (Å²) in [6.45, 7) is 4.30. The van der Waals surface area contributed by atoms with E-state index in [0.29, 0.717) is 5.92 Å². The van der Waals surface area contributed by atoms with E-state index >= 15 is 0 Å². The van der Waals surface area contributed by atoms with E-state index in [9.17, 15) is 0 Å². The van der Waals surface area contributed by atoms with Gasteiger partial charge >= 0.3 is 0 Å². The van der Waals surface area contributed by atoms with Gasteiger partial charge in [0.1, 0.15) is 12.0 Å². The molecule has 0 atom stereocenters. The van der Waals surface area contributed by atoms with Crippen LogP contribution in [0.15, 0.2) is 33.7 Å². The van der Waals surface area contributed by atoms with Crippen molar-refractivity contribution in [2.45, 2.75) is 32.6 Å². The molecule has 0 unspecified atom stereocenters. The fourth-order valence-electron chi connectivity index (χ4n) is 1.66. The molecule has 0 saturated heterocycles. The summed E-state index contributed by atoms with van der Waals surface area (Å²) in [4.78, 5) is 4.47. The minimum absolute atomic E-state index is 0.422. The topological polar surface area (TPSA) is 39.2 Å². The van der Waals surface area contributed by atoms with E-state index in [-0.39, 0.29) is 0 Å². The molecule has 0 spiro atoms. The molecule has 0 radical (unpaired) electrons. The van der Waals surface area contributed by atoms with E-state index in [1.54, 1.807) is 18.8 Å². The lowest BCUT2D eigenvalue weighted by Crippen LogP contribution is -1.95. The minimum Gasteiger partial charge on any atom is -0.472 e. The maximum Gasteiger partial charge on any atom is 0.197 e. The third kappa shape index (κ3) is 1.96. The molecule has 15 heavy (non-hydrogen) atoms. The smallest absolute Gasteiger partial charge is 0.197 e. The lowest BCUT2D eigenvalue weighted by atomic mass is 10.0. The molecule has 3 nitrogen and oxygen atoms in total. The fourth-order valence-corrected chi connectivity index (χ4v) is 1.66. The van der Waals surface area contributed by atoms with E-state index in [1.807, 2.05) is 6.07 Å². The van der Waals surface area contributed by atoms with Gasteiger partial charge in [-0.1, -0.05) is 13.8 Å². The Morgan fingerprint density at radius 3 is 2.67 bits per heavy atom. The van der Waals surface area contributed by atoms with Gasteiger partial charge in [0, 0.05) is 11.5 Å².